The maximum Gasteiger partial charge on any atom is 0.489 e. The standard InChI is InChI=1S/C8H4BClF6O2/c10-6-4(8(14,15)16)1-3(7(11,12)13)2-5(6)9(17)18/h1-2,17-18H. The molecular weight excluding hydrogens is 288 g/mol. The van der Waals surface area contributed by atoms with E-state index in [9.17, 15) is 26.3 Å². The summed E-state index contributed by atoms with van der Waals surface area (Å²) in [5.41, 5.74) is -4.50. The highest BCUT2D eigenvalue weighted by Crippen LogP contribution is 2.38. The van der Waals surface area contributed by atoms with Gasteiger partial charge in [-0.25, -0.2) is 0 Å². The van der Waals surface area contributed by atoms with Crippen molar-refractivity contribution in [3.8, 4) is 0 Å². The van der Waals surface area contributed by atoms with Gasteiger partial charge in [-0.3, -0.25) is 0 Å². The van der Waals surface area contributed by atoms with Crippen LogP contribution in [0, 0.1) is 0 Å². The van der Waals surface area contributed by atoms with E-state index in [2.05, 4.69) is 0 Å². The minimum Gasteiger partial charge on any atom is -0.423 e. The van der Waals surface area contributed by atoms with Crippen LogP contribution in [0.4, 0.5) is 26.3 Å². The minimum atomic E-state index is -5.14. The summed E-state index contributed by atoms with van der Waals surface area (Å²) in [6.45, 7) is 0. The van der Waals surface area contributed by atoms with Crippen molar-refractivity contribution < 1.29 is 36.4 Å². The molecule has 0 aliphatic rings. The highest BCUT2D eigenvalue weighted by molar-refractivity contribution is 6.63. The highest BCUT2D eigenvalue weighted by Gasteiger charge is 2.40. The fourth-order valence-corrected chi connectivity index (χ4v) is 1.52. The Morgan fingerprint density at radius 3 is 1.78 bits per heavy atom. The smallest absolute Gasteiger partial charge is 0.423 e. The van der Waals surface area contributed by atoms with E-state index in [0.717, 1.165) is 0 Å². The molecule has 0 saturated carbocycles. The summed E-state index contributed by atoms with van der Waals surface area (Å²) < 4.78 is 74.4. The van der Waals surface area contributed by atoms with E-state index in [-0.39, 0.29) is 12.1 Å². The topological polar surface area (TPSA) is 40.5 Å². The van der Waals surface area contributed by atoms with Gasteiger partial charge < -0.3 is 10.0 Å². The first-order chi connectivity index (χ1) is 7.94. The zero-order valence-electron chi connectivity index (χ0n) is 8.27. The van der Waals surface area contributed by atoms with Crippen molar-refractivity contribution in [3.05, 3.63) is 28.3 Å². The summed E-state index contributed by atoms with van der Waals surface area (Å²) in [6, 6.07) is -0.0313. The van der Waals surface area contributed by atoms with Crippen LogP contribution in [0.3, 0.4) is 0 Å². The lowest BCUT2D eigenvalue weighted by Gasteiger charge is -2.16. The number of hydrogen-bond donors (Lipinski definition) is 2. The lowest BCUT2D eigenvalue weighted by molar-refractivity contribution is -0.142. The molecule has 1 aromatic carbocycles. The van der Waals surface area contributed by atoms with E-state index in [1.54, 1.807) is 0 Å². The van der Waals surface area contributed by atoms with Gasteiger partial charge in [0.25, 0.3) is 0 Å². The Hall–Kier alpha value is -0.925. The zero-order chi connectivity index (χ0) is 14.3. The quantitative estimate of drug-likeness (QED) is 0.614. The molecule has 10 heteroatoms. The van der Waals surface area contributed by atoms with Crippen LogP contribution in [0.15, 0.2) is 12.1 Å². The van der Waals surface area contributed by atoms with Gasteiger partial charge in [0.1, 0.15) is 0 Å². The van der Waals surface area contributed by atoms with Crippen molar-refractivity contribution in [3.63, 3.8) is 0 Å². The molecule has 0 heterocycles. The average molecular weight is 292 g/mol. The van der Waals surface area contributed by atoms with E-state index in [1.807, 2.05) is 0 Å². The SMILES string of the molecule is OB(O)c1cc(C(F)(F)F)cc(C(F)(F)F)c1Cl. The molecule has 0 atom stereocenters. The van der Waals surface area contributed by atoms with Gasteiger partial charge in [-0.1, -0.05) is 11.6 Å². The Morgan fingerprint density at radius 2 is 1.44 bits per heavy atom. The van der Waals surface area contributed by atoms with Crippen molar-refractivity contribution in [2.45, 2.75) is 12.4 Å². The van der Waals surface area contributed by atoms with Crippen molar-refractivity contribution >= 4 is 24.2 Å². The van der Waals surface area contributed by atoms with Gasteiger partial charge in [-0.15, -0.1) is 0 Å². The third kappa shape index (κ3) is 3.09. The second kappa shape index (κ2) is 4.63. The predicted octanol–water partition coefficient (Wildman–Crippen LogP) is 2.06. The molecule has 100 valence electrons. The third-order valence-corrected chi connectivity index (χ3v) is 2.43. The molecule has 0 fully saturated rings. The molecule has 0 amide bonds. The average Bonchev–Trinajstić information content (AvgIpc) is 2.13. The van der Waals surface area contributed by atoms with Gasteiger partial charge in [0.05, 0.1) is 16.1 Å². The summed E-state index contributed by atoms with van der Waals surface area (Å²) in [6.07, 6.45) is -10.2. The zero-order valence-corrected chi connectivity index (χ0v) is 9.03. The van der Waals surface area contributed by atoms with Gasteiger partial charge in [0, 0.05) is 5.46 Å². The molecule has 2 nitrogen and oxygen atoms in total. The number of benzene rings is 1. The van der Waals surface area contributed by atoms with Gasteiger partial charge in [-0.05, 0) is 12.1 Å². The second-order valence-electron chi connectivity index (χ2n) is 3.30. The summed E-state index contributed by atoms with van der Waals surface area (Å²) in [7, 11) is -2.54. The highest BCUT2D eigenvalue weighted by atomic mass is 35.5. The largest absolute Gasteiger partial charge is 0.489 e. The van der Waals surface area contributed by atoms with Gasteiger partial charge >= 0.3 is 19.5 Å². The van der Waals surface area contributed by atoms with Crippen LogP contribution < -0.4 is 5.46 Å². The molecule has 0 saturated heterocycles. The van der Waals surface area contributed by atoms with Crippen LogP contribution in [0.25, 0.3) is 0 Å². The van der Waals surface area contributed by atoms with Crippen molar-refractivity contribution in [2.24, 2.45) is 0 Å². The van der Waals surface area contributed by atoms with Crippen molar-refractivity contribution in [1.82, 2.24) is 0 Å². The van der Waals surface area contributed by atoms with E-state index in [0.29, 0.717) is 0 Å². The van der Waals surface area contributed by atoms with E-state index in [4.69, 9.17) is 21.6 Å². The maximum atomic E-state index is 12.4. The lowest BCUT2D eigenvalue weighted by atomic mass is 9.78. The first-order valence-electron chi connectivity index (χ1n) is 4.28. The summed E-state index contributed by atoms with van der Waals surface area (Å²) in [4.78, 5) is 0. The fraction of sp³-hybridized carbons (Fsp3) is 0.250. The van der Waals surface area contributed by atoms with Crippen LogP contribution in [0.5, 0.6) is 0 Å². The molecule has 0 radical (unpaired) electrons. The molecule has 0 unspecified atom stereocenters. The lowest BCUT2D eigenvalue weighted by Crippen LogP contribution is -2.33. The molecule has 0 aromatic heterocycles. The number of rotatable bonds is 1. The van der Waals surface area contributed by atoms with Gasteiger partial charge in [0.2, 0.25) is 0 Å². The monoisotopic (exact) mass is 292 g/mol. The van der Waals surface area contributed by atoms with Crippen LogP contribution in [-0.2, 0) is 12.4 Å². The van der Waals surface area contributed by atoms with Crippen LogP contribution in [-0.4, -0.2) is 17.2 Å². The maximum absolute atomic E-state index is 12.4. The Labute approximate surface area is 102 Å². The van der Waals surface area contributed by atoms with Gasteiger partial charge in [0.15, 0.2) is 0 Å². The van der Waals surface area contributed by atoms with Crippen LogP contribution in [0.2, 0.25) is 5.02 Å². The van der Waals surface area contributed by atoms with Crippen LogP contribution >= 0.6 is 11.6 Å². The molecular formula is C8H4BClF6O2. The minimum absolute atomic E-state index is 0.155. The Bertz CT molecular complexity index is 456. The molecule has 0 bridgehead atoms. The Balaban J connectivity index is 3.58. The number of alkyl halides is 6. The van der Waals surface area contributed by atoms with E-state index >= 15 is 0 Å². The first-order valence-corrected chi connectivity index (χ1v) is 4.66. The molecule has 0 spiro atoms. The van der Waals surface area contributed by atoms with E-state index < -0.39 is 41.1 Å². The number of halogens is 7. The first kappa shape index (κ1) is 15.1. The normalized spacial score (nSPS) is 12.7. The van der Waals surface area contributed by atoms with Crippen molar-refractivity contribution in [1.29, 1.82) is 0 Å². The molecule has 0 aliphatic carbocycles. The molecule has 1 rings (SSSR count). The van der Waals surface area contributed by atoms with E-state index in [1.165, 1.54) is 0 Å². The summed E-state index contributed by atoms with van der Waals surface area (Å²) in [5.74, 6) is 0. The van der Waals surface area contributed by atoms with Gasteiger partial charge in [-0.2, -0.15) is 26.3 Å². The molecule has 2 N–H and O–H groups in total. The third-order valence-electron chi connectivity index (χ3n) is 2.01. The molecule has 1 aromatic rings. The predicted molar refractivity (Wildman–Crippen MR) is 51.3 cm³/mol. The summed E-state index contributed by atoms with van der Waals surface area (Å²) in [5, 5.41) is 16.3. The van der Waals surface area contributed by atoms with Crippen molar-refractivity contribution in [2.75, 3.05) is 0 Å². The molecule has 0 aliphatic heterocycles. The Morgan fingerprint density at radius 1 is 0.944 bits per heavy atom. The second-order valence-corrected chi connectivity index (χ2v) is 3.67. The summed E-state index contributed by atoms with van der Waals surface area (Å²) >= 11 is 5.20. The number of hydrogen-bond acceptors (Lipinski definition) is 2. The van der Waals surface area contributed by atoms with Crippen LogP contribution in [0.1, 0.15) is 11.1 Å². The molecule has 18 heavy (non-hydrogen) atoms. The Kier molecular flexibility index (Phi) is 3.90. The fourth-order valence-electron chi connectivity index (χ4n) is 1.20.